The standard InChI is InChI=1S/C17H22BrNO2/c1-4-15(20)19-9-5-6-12-10-13(7-8-14(12)19)17(21)16(18)11(2)3/h7-8,10-11,16H,4-6,9H2,1-3H3. The van der Waals surface area contributed by atoms with E-state index in [1.165, 1.54) is 0 Å². The van der Waals surface area contributed by atoms with E-state index in [2.05, 4.69) is 15.9 Å². The third-order valence-electron chi connectivity index (χ3n) is 3.92. The number of carbonyl (C=O) groups is 2. The summed E-state index contributed by atoms with van der Waals surface area (Å²) in [7, 11) is 0. The number of alkyl halides is 1. The Morgan fingerprint density at radius 3 is 2.67 bits per heavy atom. The highest BCUT2D eigenvalue weighted by Crippen LogP contribution is 2.30. The second-order valence-corrected chi connectivity index (χ2v) is 6.84. The first kappa shape index (κ1) is 16.2. The first-order chi connectivity index (χ1) is 9.95. The lowest BCUT2D eigenvalue weighted by Crippen LogP contribution is -2.35. The van der Waals surface area contributed by atoms with Crippen LogP contribution in [0.1, 0.15) is 49.5 Å². The number of rotatable bonds is 4. The van der Waals surface area contributed by atoms with Crippen molar-refractivity contribution in [2.24, 2.45) is 5.92 Å². The van der Waals surface area contributed by atoms with Gasteiger partial charge in [0.05, 0.1) is 4.83 Å². The van der Waals surface area contributed by atoms with Gasteiger partial charge < -0.3 is 4.90 Å². The Hall–Kier alpha value is -1.16. The largest absolute Gasteiger partial charge is 0.312 e. The molecule has 1 heterocycles. The van der Waals surface area contributed by atoms with Gasteiger partial charge in [-0.3, -0.25) is 9.59 Å². The predicted octanol–water partition coefficient (Wildman–Crippen LogP) is 3.98. The van der Waals surface area contributed by atoms with Crippen molar-refractivity contribution in [3.8, 4) is 0 Å². The third-order valence-corrected chi connectivity index (χ3v) is 5.40. The third kappa shape index (κ3) is 3.37. The van der Waals surface area contributed by atoms with E-state index in [1.54, 1.807) is 0 Å². The summed E-state index contributed by atoms with van der Waals surface area (Å²) < 4.78 is 0. The van der Waals surface area contributed by atoms with E-state index in [4.69, 9.17) is 0 Å². The monoisotopic (exact) mass is 351 g/mol. The van der Waals surface area contributed by atoms with Gasteiger partial charge in [0, 0.05) is 24.2 Å². The number of hydrogen-bond acceptors (Lipinski definition) is 2. The minimum atomic E-state index is -0.160. The van der Waals surface area contributed by atoms with Crippen molar-refractivity contribution in [3.05, 3.63) is 29.3 Å². The molecule has 0 aliphatic carbocycles. The lowest BCUT2D eigenvalue weighted by Gasteiger charge is -2.29. The molecule has 1 unspecified atom stereocenters. The van der Waals surface area contributed by atoms with Crippen LogP contribution >= 0.6 is 15.9 Å². The number of fused-ring (bicyclic) bond motifs is 1. The maximum atomic E-state index is 12.4. The van der Waals surface area contributed by atoms with Crippen molar-refractivity contribution in [2.45, 2.75) is 44.9 Å². The molecule has 3 nitrogen and oxygen atoms in total. The minimum absolute atomic E-state index is 0.117. The van der Waals surface area contributed by atoms with Crippen LogP contribution in [0, 0.1) is 5.92 Å². The van der Waals surface area contributed by atoms with E-state index in [0.717, 1.165) is 36.2 Å². The zero-order valence-corrected chi connectivity index (χ0v) is 14.4. The van der Waals surface area contributed by atoms with Crippen molar-refractivity contribution in [1.29, 1.82) is 0 Å². The molecule has 0 spiro atoms. The number of carbonyl (C=O) groups excluding carboxylic acids is 2. The van der Waals surface area contributed by atoms with Gasteiger partial charge in [-0.2, -0.15) is 0 Å². The summed E-state index contributed by atoms with van der Waals surface area (Å²) in [5.74, 6) is 0.522. The highest BCUT2D eigenvalue weighted by molar-refractivity contribution is 9.10. The smallest absolute Gasteiger partial charge is 0.226 e. The molecule has 0 saturated heterocycles. The van der Waals surface area contributed by atoms with Crippen LogP contribution < -0.4 is 4.90 Å². The van der Waals surface area contributed by atoms with E-state index >= 15 is 0 Å². The molecular formula is C17H22BrNO2. The second kappa shape index (κ2) is 6.73. The molecule has 1 aromatic rings. The second-order valence-electron chi connectivity index (χ2n) is 5.86. The van der Waals surface area contributed by atoms with Crippen LogP contribution in [0.4, 0.5) is 5.69 Å². The molecule has 0 saturated carbocycles. The van der Waals surface area contributed by atoms with E-state index in [9.17, 15) is 9.59 Å². The van der Waals surface area contributed by atoms with Crippen molar-refractivity contribution < 1.29 is 9.59 Å². The van der Waals surface area contributed by atoms with E-state index in [1.807, 2.05) is 43.9 Å². The topological polar surface area (TPSA) is 37.4 Å². The molecule has 2 rings (SSSR count). The summed E-state index contributed by atoms with van der Waals surface area (Å²) in [6.07, 6.45) is 2.40. The highest BCUT2D eigenvalue weighted by Gasteiger charge is 2.25. The molecule has 1 aliphatic rings. The van der Waals surface area contributed by atoms with Crippen molar-refractivity contribution in [3.63, 3.8) is 0 Å². The van der Waals surface area contributed by atoms with Gasteiger partial charge in [-0.25, -0.2) is 0 Å². The van der Waals surface area contributed by atoms with Gasteiger partial charge >= 0.3 is 0 Å². The lowest BCUT2D eigenvalue weighted by molar-refractivity contribution is -0.118. The molecule has 114 valence electrons. The molecule has 1 aliphatic heterocycles. The number of aryl methyl sites for hydroxylation is 1. The van der Waals surface area contributed by atoms with Crippen LogP contribution in [0.15, 0.2) is 18.2 Å². The van der Waals surface area contributed by atoms with Crippen LogP contribution in [0.3, 0.4) is 0 Å². The zero-order valence-electron chi connectivity index (χ0n) is 12.9. The molecule has 1 aromatic carbocycles. The molecule has 21 heavy (non-hydrogen) atoms. The average molecular weight is 352 g/mol. The molecule has 0 radical (unpaired) electrons. The van der Waals surface area contributed by atoms with Crippen molar-refractivity contribution in [1.82, 2.24) is 0 Å². The summed E-state index contributed by atoms with van der Waals surface area (Å²) in [6.45, 7) is 6.71. The highest BCUT2D eigenvalue weighted by atomic mass is 79.9. The molecule has 0 bridgehead atoms. The molecule has 0 N–H and O–H groups in total. The number of hydrogen-bond donors (Lipinski definition) is 0. The first-order valence-corrected chi connectivity index (χ1v) is 8.48. The summed E-state index contributed by atoms with van der Waals surface area (Å²) in [4.78, 5) is 26.1. The fraction of sp³-hybridized carbons (Fsp3) is 0.529. The number of anilines is 1. The van der Waals surface area contributed by atoms with E-state index in [0.29, 0.717) is 6.42 Å². The number of Topliss-reactive ketones (excluding diaryl/α,β-unsaturated/α-hetero) is 1. The van der Waals surface area contributed by atoms with E-state index in [-0.39, 0.29) is 22.4 Å². The number of halogens is 1. The maximum absolute atomic E-state index is 12.4. The average Bonchev–Trinajstić information content (AvgIpc) is 2.51. The molecule has 0 fully saturated rings. The Morgan fingerprint density at radius 1 is 1.33 bits per heavy atom. The first-order valence-electron chi connectivity index (χ1n) is 7.57. The van der Waals surface area contributed by atoms with Crippen LogP contribution in [0.2, 0.25) is 0 Å². The van der Waals surface area contributed by atoms with E-state index < -0.39 is 0 Å². The number of nitrogens with zero attached hydrogens (tertiary/aromatic N) is 1. The van der Waals surface area contributed by atoms with Gasteiger partial charge in [0.15, 0.2) is 5.78 Å². The number of ketones is 1. The SMILES string of the molecule is CCC(=O)N1CCCc2cc(C(=O)C(Br)C(C)C)ccc21. The van der Waals surface area contributed by atoms with Gasteiger partial charge in [-0.15, -0.1) is 0 Å². The fourth-order valence-electron chi connectivity index (χ4n) is 2.66. The number of amides is 1. The molecule has 1 atom stereocenters. The van der Waals surface area contributed by atoms with Gasteiger partial charge in [0.1, 0.15) is 0 Å². The van der Waals surface area contributed by atoms with Crippen LogP contribution in [0.5, 0.6) is 0 Å². The molecular weight excluding hydrogens is 330 g/mol. The molecule has 4 heteroatoms. The summed E-state index contributed by atoms with van der Waals surface area (Å²) in [5.41, 5.74) is 2.81. The Morgan fingerprint density at radius 2 is 2.05 bits per heavy atom. The fourth-order valence-corrected chi connectivity index (χ4v) is 2.93. The lowest BCUT2D eigenvalue weighted by atomic mass is 9.95. The maximum Gasteiger partial charge on any atom is 0.226 e. The van der Waals surface area contributed by atoms with Gasteiger partial charge in [-0.1, -0.05) is 36.7 Å². The van der Waals surface area contributed by atoms with Gasteiger partial charge in [-0.05, 0) is 42.5 Å². The Labute approximate surface area is 134 Å². The number of benzene rings is 1. The minimum Gasteiger partial charge on any atom is -0.312 e. The predicted molar refractivity (Wildman–Crippen MR) is 89.3 cm³/mol. The van der Waals surface area contributed by atoms with Crippen LogP contribution in [0.25, 0.3) is 0 Å². The summed E-state index contributed by atoms with van der Waals surface area (Å²) >= 11 is 3.47. The van der Waals surface area contributed by atoms with Gasteiger partial charge in [0.25, 0.3) is 0 Å². The molecule has 0 aromatic heterocycles. The Kier molecular flexibility index (Phi) is 5.20. The normalized spacial score (nSPS) is 15.8. The zero-order chi connectivity index (χ0) is 15.6. The quantitative estimate of drug-likeness (QED) is 0.607. The summed E-state index contributed by atoms with van der Waals surface area (Å²) in [5, 5.41) is 0. The Bertz CT molecular complexity index is 554. The molecule has 1 amide bonds. The van der Waals surface area contributed by atoms with Crippen molar-refractivity contribution >= 4 is 33.3 Å². The van der Waals surface area contributed by atoms with Crippen molar-refractivity contribution in [2.75, 3.05) is 11.4 Å². The Balaban J connectivity index is 2.31. The summed E-state index contributed by atoms with van der Waals surface area (Å²) in [6, 6.07) is 5.73. The van der Waals surface area contributed by atoms with Crippen LogP contribution in [-0.4, -0.2) is 23.1 Å². The van der Waals surface area contributed by atoms with Gasteiger partial charge in [0.2, 0.25) is 5.91 Å². The van der Waals surface area contributed by atoms with Crippen LogP contribution in [-0.2, 0) is 11.2 Å².